The van der Waals surface area contributed by atoms with Gasteiger partial charge in [-0.1, -0.05) is 64.1 Å². The summed E-state index contributed by atoms with van der Waals surface area (Å²) in [6.45, 7) is 7.02. The summed E-state index contributed by atoms with van der Waals surface area (Å²) in [5.74, 6) is -4.64. The van der Waals surface area contributed by atoms with Gasteiger partial charge in [-0.15, -0.1) is 0 Å². The number of hydrogen-bond acceptors (Lipinski definition) is 9. The fourth-order valence-electron chi connectivity index (χ4n) is 4.66. The topological polar surface area (TPSA) is 243 Å². The molecular formula is C32H44N6O9. The van der Waals surface area contributed by atoms with Crippen LogP contribution in [0.5, 0.6) is 0 Å². The third-order valence-corrected chi connectivity index (χ3v) is 7.19. The number of carboxylic acid groups (broad SMARTS) is 1. The number of aliphatic hydroxyl groups is 1. The van der Waals surface area contributed by atoms with Crippen LogP contribution in [0.1, 0.15) is 52.5 Å². The number of aliphatic hydroxyl groups excluding tert-OH is 1. The van der Waals surface area contributed by atoms with Crippen LogP contribution < -0.4 is 27.0 Å². The number of carbonyl (C=O) groups is 5. The summed E-state index contributed by atoms with van der Waals surface area (Å²) < 4.78 is 0. The van der Waals surface area contributed by atoms with Crippen molar-refractivity contribution in [3.63, 3.8) is 0 Å². The van der Waals surface area contributed by atoms with Crippen molar-refractivity contribution in [2.24, 2.45) is 17.6 Å². The molecule has 256 valence electrons. The van der Waals surface area contributed by atoms with Gasteiger partial charge < -0.3 is 37.2 Å². The van der Waals surface area contributed by atoms with Gasteiger partial charge in [0.1, 0.15) is 12.1 Å². The Balaban J connectivity index is 2.27. The van der Waals surface area contributed by atoms with Gasteiger partial charge in [0.05, 0.1) is 17.0 Å². The molecule has 0 aliphatic rings. The van der Waals surface area contributed by atoms with Crippen LogP contribution in [-0.4, -0.2) is 75.0 Å². The number of nitrogens with zero attached hydrogens (tertiary/aromatic N) is 1. The predicted molar refractivity (Wildman–Crippen MR) is 173 cm³/mol. The highest BCUT2D eigenvalue weighted by atomic mass is 16.6. The van der Waals surface area contributed by atoms with Gasteiger partial charge in [-0.05, 0) is 42.7 Å². The van der Waals surface area contributed by atoms with Crippen LogP contribution in [0.15, 0.2) is 54.6 Å². The van der Waals surface area contributed by atoms with E-state index in [0.29, 0.717) is 5.56 Å². The first-order valence-electron chi connectivity index (χ1n) is 15.2. The zero-order valence-electron chi connectivity index (χ0n) is 26.8. The first kappa shape index (κ1) is 38.3. The van der Waals surface area contributed by atoms with Crippen LogP contribution in [0.2, 0.25) is 0 Å². The van der Waals surface area contributed by atoms with Crippen LogP contribution in [0.25, 0.3) is 0 Å². The van der Waals surface area contributed by atoms with E-state index in [4.69, 9.17) is 10.8 Å². The Hall–Kier alpha value is -4.89. The van der Waals surface area contributed by atoms with Gasteiger partial charge in [0.2, 0.25) is 17.7 Å². The van der Waals surface area contributed by atoms with E-state index in [9.17, 15) is 39.2 Å². The van der Waals surface area contributed by atoms with E-state index in [1.807, 2.05) is 13.8 Å². The largest absolute Gasteiger partial charge is 0.481 e. The number of nitrogens with one attached hydrogen (secondary N) is 4. The van der Waals surface area contributed by atoms with Gasteiger partial charge in [0, 0.05) is 24.2 Å². The Morgan fingerprint density at radius 3 is 2.11 bits per heavy atom. The van der Waals surface area contributed by atoms with E-state index in [0.717, 1.165) is 6.07 Å². The van der Waals surface area contributed by atoms with Crippen molar-refractivity contribution in [2.45, 2.75) is 83.6 Å². The number of aliphatic carboxylic acids is 1. The Morgan fingerprint density at radius 1 is 0.872 bits per heavy atom. The summed E-state index contributed by atoms with van der Waals surface area (Å²) >= 11 is 0. The molecule has 0 bridgehead atoms. The Bertz CT molecular complexity index is 1400. The Kier molecular flexibility index (Phi) is 14.9. The van der Waals surface area contributed by atoms with Crippen molar-refractivity contribution in [3.05, 3.63) is 70.3 Å². The fourth-order valence-corrected chi connectivity index (χ4v) is 4.66. The lowest BCUT2D eigenvalue weighted by Crippen LogP contribution is -2.59. The first-order valence-corrected chi connectivity index (χ1v) is 15.2. The Labute approximate surface area is 272 Å². The smallest absolute Gasteiger partial charge is 0.303 e. The molecule has 0 heterocycles. The van der Waals surface area contributed by atoms with Crippen molar-refractivity contribution in [2.75, 3.05) is 5.32 Å². The number of nitro groups is 1. The molecule has 15 heteroatoms. The minimum atomic E-state index is -1.80. The van der Waals surface area contributed by atoms with Crippen LogP contribution >= 0.6 is 0 Å². The molecular weight excluding hydrogens is 612 g/mol. The standard InChI is InChI=1S/C32H44N6O9/c1-18(2)15-25(36-31(44)27(19(3)4)37-29(42)23(33)13-14-26(39)40)30(43)35-24(16-20-9-6-5-7-10-20)28(41)32(45)34-21-11-8-12-22(17-21)38(46)47/h5-12,17-19,23-25,27-28,41H,13-16,33H2,1-4H3,(H,34,45)(H,35,43)(H,36,44)(H,37,42)(H,39,40)/t23-,24-,25-,27-,28+/m0/s1. The second-order valence-electron chi connectivity index (χ2n) is 12.0. The maximum Gasteiger partial charge on any atom is 0.303 e. The van der Waals surface area contributed by atoms with Crippen LogP contribution in [-0.2, 0) is 30.4 Å². The van der Waals surface area contributed by atoms with Crippen LogP contribution in [0.4, 0.5) is 11.4 Å². The average molecular weight is 657 g/mol. The van der Waals surface area contributed by atoms with Gasteiger partial charge in [0.15, 0.2) is 6.10 Å². The fraction of sp³-hybridized carbons (Fsp3) is 0.469. The lowest BCUT2D eigenvalue weighted by Gasteiger charge is -2.29. The number of nitro benzene ring substituents is 1. The maximum absolute atomic E-state index is 13.7. The zero-order chi connectivity index (χ0) is 35.3. The number of benzene rings is 2. The normalized spacial score (nSPS) is 14.3. The van der Waals surface area contributed by atoms with E-state index in [1.165, 1.54) is 18.2 Å². The van der Waals surface area contributed by atoms with Gasteiger partial charge in [-0.3, -0.25) is 34.1 Å². The highest BCUT2D eigenvalue weighted by Gasteiger charge is 2.34. The molecule has 5 atom stereocenters. The van der Waals surface area contributed by atoms with E-state index in [-0.39, 0.29) is 43.0 Å². The third-order valence-electron chi connectivity index (χ3n) is 7.19. The highest BCUT2D eigenvalue weighted by molar-refractivity contribution is 5.96. The number of anilines is 1. The number of nitrogens with two attached hydrogens (primary N) is 1. The molecule has 0 aliphatic carbocycles. The molecule has 15 nitrogen and oxygen atoms in total. The van der Waals surface area contributed by atoms with Gasteiger partial charge in [-0.2, -0.15) is 0 Å². The number of carboxylic acids is 1. The van der Waals surface area contributed by atoms with Crippen molar-refractivity contribution >= 4 is 41.0 Å². The molecule has 0 fully saturated rings. The summed E-state index contributed by atoms with van der Waals surface area (Å²) in [6, 6.07) is 9.36. The molecule has 0 aliphatic heterocycles. The summed E-state index contributed by atoms with van der Waals surface area (Å²) in [5.41, 5.74) is 6.30. The molecule has 2 rings (SSSR count). The van der Waals surface area contributed by atoms with Crippen molar-refractivity contribution in [3.8, 4) is 0 Å². The monoisotopic (exact) mass is 656 g/mol. The molecule has 0 aromatic heterocycles. The quantitative estimate of drug-likeness (QED) is 0.0900. The molecule has 47 heavy (non-hydrogen) atoms. The van der Waals surface area contributed by atoms with Crippen molar-refractivity contribution in [1.29, 1.82) is 0 Å². The van der Waals surface area contributed by atoms with E-state index < -0.39 is 70.7 Å². The molecule has 8 N–H and O–H groups in total. The molecule has 0 radical (unpaired) electrons. The van der Waals surface area contributed by atoms with Gasteiger partial charge in [0.25, 0.3) is 11.6 Å². The van der Waals surface area contributed by atoms with E-state index in [1.54, 1.807) is 44.2 Å². The molecule has 0 saturated carbocycles. The molecule has 2 aromatic rings. The third kappa shape index (κ3) is 12.8. The molecule has 4 amide bonds. The van der Waals surface area contributed by atoms with Gasteiger partial charge >= 0.3 is 5.97 Å². The van der Waals surface area contributed by atoms with Crippen molar-refractivity contribution in [1.82, 2.24) is 16.0 Å². The second kappa shape index (κ2) is 18.3. The molecule has 0 unspecified atom stereocenters. The summed E-state index contributed by atoms with van der Waals surface area (Å²) in [7, 11) is 0. The van der Waals surface area contributed by atoms with E-state index in [2.05, 4.69) is 21.3 Å². The lowest BCUT2D eigenvalue weighted by molar-refractivity contribution is -0.384. The molecule has 2 aromatic carbocycles. The maximum atomic E-state index is 13.7. The number of non-ortho nitro benzene ring substituents is 1. The summed E-state index contributed by atoms with van der Waals surface area (Å²) in [5, 5.41) is 41.5. The van der Waals surface area contributed by atoms with Gasteiger partial charge in [-0.25, -0.2) is 0 Å². The highest BCUT2D eigenvalue weighted by Crippen LogP contribution is 2.18. The number of hydrogen-bond donors (Lipinski definition) is 7. The van der Waals surface area contributed by atoms with Crippen LogP contribution in [0, 0.1) is 22.0 Å². The Morgan fingerprint density at radius 2 is 1.53 bits per heavy atom. The number of carbonyl (C=O) groups excluding carboxylic acids is 4. The molecule has 0 saturated heterocycles. The van der Waals surface area contributed by atoms with Crippen molar-refractivity contribution < 1.29 is 39.1 Å². The van der Waals surface area contributed by atoms with E-state index >= 15 is 0 Å². The average Bonchev–Trinajstić information content (AvgIpc) is 3.01. The molecule has 0 spiro atoms. The predicted octanol–water partition coefficient (Wildman–Crippen LogP) is 1.49. The number of amides is 4. The summed E-state index contributed by atoms with van der Waals surface area (Å²) in [4.78, 5) is 74.2. The van der Waals surface area contributed by atoms with Crippen LogP contribution in [0.3, 0.4) is 0 Å². The lowest BCUT2D eigenvalue weighted by atomic mass is 9.97. The summed E-state index contributed by atoms with van der Waals surface area (Å²) in [6.07, 6.45) is -2.07. The minimum absolute atomic E-state index is 0.0252. The first-order chi connectivity index (χ1) is 22.1. The zero-order valence-corrected chi connectivity index (χ0v) is 26.8. The minimum Gasteiger partial charge on any atom is -0.481 e. The SMILES string of the molecule is CC(C)C[C@H](NC(=O)[C@@H](NC(=O)[C@@H](N)CCC(=O)O)C(C)C)C(=O)N[C@@H](Cc1ccccc1)[C@@H](O)C(=O)Nc1cccc([N+](=O)[O-])c1. The second-order valence-corrected chi connectivity index (χ2v) is 12.0. The number of rotatable bonds is 18.